The van der Waals surface area contributed by atoms with Gasteiger partial charge >= 0.3 is 5.97 Å². The molecule has 0 bridgehead atoms. The molecular formula is C25H19N3O4. The summed E-state index contributed by atoms with van der Waals surface area (Å²) in [4.78, 5) is 31.7. The van der Waals surface area contributed by atoms with Crippen LogP contribution in [-0.2, 0) is 4.79 Å². The van der Waals surface area contributed by atoms with Crippen molar-refractivity contribution < 1.29 is 19.1 Å². The van der Waals surface area contributed by atoms with Crippen LogP contribution in [0, 0.1) is 13.8 Å². The van der Waals surface area contributed by atoms with E-state index in [4.69, 9.17) is 4.42 Å². The third-order valence-corrected chi connectivity index (χ3v) is 5.59. The molecule has 1 aliphatic heterocycles. The van der Waals surface area contributed by atoms with Crippen LogP contribution in [0.5, 0.6) is 0 Å². The summed E-state index contributed by atoms with van der Waals surface area (Å²) in [5.74, 6) is -0.147. The fraction of sp³-hybridized carbons (Fsp3) is 0.0800. The number of benzene rings is 2. The first-order valence-electron chi connectivity index (χ1n) is 10.0. The lowest BCUT2D eigenvalue weighted by atomic mass is 10.0. The standard InChI is InChI=1S/C25H19N3O4/c1-13-20(27-14(2)22(13)25(30)31)11-18-17-10-16(8-9-19(17)28-23(18)29)24-26-12-21(32-24)15-6-4-3-5-7-15/h3-12,27H,1-2H3,(H,28,29)(H,30,31). The zero-order chi connectivity index (χ0) is 22.4. The zero-order valence-electron chi connectivity index (χ0n) is 17.4. The number of aromatic nitrogens is 2. The average molecular weight is 425 g/mol. The number of fused-ring (bicyclic) bond motifs is 1. The number of nitrogens with one attached hydrogen (secondary N) is 2. The molecule has 0 saturated carbocycles. The Balaban J connectivity index is 1.55. The Hall–Kier alpha value is -4.39. The van der Waals surface area contributed by atoms with Crippen molar-refractivity contribution in [1.82, 2.24) is 9.97 Å². The van der Waals surface area contributed by atoms with Crippen LogP contribution >= 0.6 is 0 Å². The second-order valence-corrected chi connectivity index (χ2v) is 7.64. The summed E-state index contributed by atoms with van der Waals surface area (Å²) < 4.78 is 5.95. The van der Waals surface area contributed by atoms with Crippen LogP contribution in [0.2, 0.25) is 0 Å². The van der Waals surface area contributed by atoms with Crippen molar-refractivity contribution in [2.45, 2.75) is 13.8 Å². The van der Waals surface area contributed by atoms with E-state index in [0.29, 0.717) is 45.4 Å². The summed E-state index contributed by atoms with van der Waals surface area (Å²) in [5, 5.41) is 12.3. The number of carboxylic acid groups (broad SMARTS) is 1. The van der Waals surface area contributed by atoms with Crippen LogP contribution in [-0.4, -0.2) is 27.0 Å². The molecule has 2 aromatic carbocycles. The second kappa shape index (κ2) is 7.39. The van der Waals surface area contributed by atoms with Crippen molar-refractivity contribution >= 4 is 29.2 Å². The minimum absolute atomic E-state index is 0.220. The Morgan fingerprint density at radius 3 is 2.59 bits per heavy atom. The lowest BCUT2D eigenvalue weighted by Crippen LogP contribution is -2.03. The first-order valence-corrected chi connectivity index (χ1v) is 10.0. The van der Waals surface area contributed by atoms with Crippen LogP contribution in [0.25, 0.3) is 34.4 Å². The van der Waals surface area contributed by atoms with Crippen molar-refractivity contribution in [1.29, 1.82) is 0 Å². The molecule has 1 aliphatic rings. The van der Waals surface area contributed by atoms with Crippen molar-refractivity contribution in [3.05, 3.63) is 82.8 Å². The summed E-state index contributed by atoms with van der Waals surface area (Å²) in [6.45, 7) is 3.42. The Morgan fingerprint density at radius 1 is 1.09 bits per heavy atom. The maximum absolute atomic E-state index is 12.7. The SMILES string of the molecule is Cc1[nH]c(C=C2C(=O)Nc3ccc(-c4ncc(-c5ccccc5)o4)cc32)c(C)c1C(=O)O. The minimum Gasteiger partial charge on any atom is -0.478 e. The van der Waals surface area contributed by atoms with Gasteiger partial charge in [-0.2, -0.15) is 0 Å². The lowest BCUT2D eigenvalue weighted by Gasteiger charge is -2.02. The van der Waals surface area contributed by atoms with Gasteiger partial charge in [0, 0.05) is 33.8 Å². The van der Waals surface area contributed by atoms with Gasteiger partial charge in [0.2, 0.25) is 5.89 Å². The van der Waals surface area contributed by atoms with Crippen LogP contribution < -0.4 is 5.32 Å². The molecule has 7 heteroatoms. The van der Waals surface area contributed by atoms with E-state index in [1.54, 1.807) is 26.1 Å². The van der Waals surface area contributed by atoms with Crippen molar-refractivity contribution in [3.63, 3.8) is 0 Å². The number of hydrogen-bond donors (Lipinski definition) is 3. The summed E-state index contributed by atoms with van der Waals surface area (Å²) in [6, 6.07) is 15.2. The molecule has 5 rings (SSSR count). The van der Waals surface area contributed by atoms with Crippen LogP contribution in [0.3, 0.4) is 0 Å². The highest BCUT2D eigenvalue weighted by Crippen LogP contribution is 2.37. The van der Waals surface area contributed by atoms with E-state index in [1.807, 2.05) is 48.5 Å². The fourth-order valence-corrected chi connectivity index (χ4v) is 3.99. The molecule has 3 heterocycles. The predicted molar refractivity (Wildman–Crippen MR) is 121 cm³/mol. The van der Waals surface area contributed by atoms with Gasteiger partial charge in [0.15, 0.2) is 5.76 Å². The molecule has 7 nitrogen and oxygen atoms in total. The Kier molecular flexibility index (Phi) is 4.52. The highest BCUT2D eigenvalue weighted by Gasteiger charge is 2.26. The van der Waals surface area contributed by atoms with Crippen molar-refractivity contribution in [2.24, 2.45) is 0 Å². The number of carbonyl (C=O) groups is 2. The molecule has 32 heavy (non-hydrogen) atoms. The molecule has 0 fully saturated rings. The number of aromatic amines is 1. The Labute approximate surface area is 183 Å². The molecule has 1 amide bonds. The van der Waals surface area contributed by atoms with E-state index in [-0.39, 0.29) is 11.5 Å². The highest BCUT2D eigenvalue weighted by atomic mass is 16.4. The number of carboxylic acids is 1. The summed E-state index contributed by atoms with van der Waals surface area (Å²) in [7, 11) is 0. The van der Waals surface area contributed by atoms with Gasteiger partial charge in [-0.1, -0.05) is 30.3 Å². The van der Waals surface area contributed by atoms with Gasteiger partial charge in [-0.25, -0.2) is 9.78 Å². The first kappa shape index (κ1) is 19.6. The van der Waals surface area contributed by atoms with Gasteiger partial charge in [-0.15, -0.1) is 0 Å². The van der Waals surface area contributed by atoms with Crippen LogP contribution in [0.15, 0.2) is 59.1 Å². The topological polar surface area (TPSA) is 108 Å². The maximum Gasteiger partial charge on any atom is 0.337 e. The van der Waals surface area contributed by atoms with E-state index >= 15 is 0 Å². The summed E-state index contributed by atoms with van der Waals surface area (Å²) in [5.41, 5.74) is 5.43. The Bertz CT molecular complexity index is 1410. The molecule has 0 saturated heterocycles. The molecule has 0 spiro atoms. The number of carbonyl (C=O) groups excluding carboxylic acids is 1. The molecule has 0 aliphatic carbocycles. The molecule has 3 N–H and O–H groups in total. The largest absolute Gasteiger partial charge is 0.478 e. The number of aromatic carboxylic acids is 1. The van der Waals surface area contributed by atoms with Crippen molar-refractivity contribution in [3.8, 4) is 22.8 Å². The summed E-state index contributed by atoms with van der Waals surface area (Å²) >= 11 is 0. The zero-order valence-corrected chi connectivity index (χ0v) is 17.4. The van der Waals surface area contributed by atoms with Gasteiger partial charge in [-0.3, -0.25) is 4.79 Å². The lowest BCUT2D eigenvalue weighted by molar-refractivity contribution is -0.110. The molecule has 0 radical (unpaired) electrons. The maximum atomic E-state index is 12.7. The van der Waals surface area contributed by atoms with Crippen molar-refractivity contribution in [2.75, 3.05) is 5.32 Å². The Morgan fingerprint density at radius 2 is 1.88 bits per heavy atom. The average Bonchev–Trinajstić information content (AvgIpc) is 3.45. The number of hydrogen-bond acceptors (Lipinski definition) is 4. The van der Waals surface area contributed by atoms with E-state index in [2.05, 4.69) is 15.3 Å². The fourth-order valence-electron chi connectivity index (χ4n) is 3.99. The molecule has 158 valence electrons. The van der Waals surface area contributed by atoms with Gasteiger partial charge in [0.25, 0.3) is 5.91 Å². The van der Waals surface area contributed by atoms with Gasteiger partial charge < -0.3 is 19.8 Å². The number of oxazole rings is 1. The quantitative estimate of drug-likeness (QED) is 0.392. The monoisotopic (exact) mass is 425 g/mol. The van der Waals surface area contributed by atoms with Crippen LogP contribution in [0.1, 0.15) is 32.9 Å². The smallest absolute Gasteiger partial charge is 0.337 e. The first-order chi connectivity index (χ1) is 15.4. The van der Waals surface area contributed by atoms with E-state index in [1.165, 1.54) is 0 Å². The number of nitrogens with zero attached hydrogens (tertiary/aromatic N) is 1. The molecule has 4 aromatic rings. The number of anilines is 1. The summed E-state index contributed by atoms with van der Waals surface area (Å²) in [6.07, 6.45) is 3.36. The van der Waals surface area contributed by atoms with Gasteiger partial charge in [-0.05, 0) is 43.7 Å². The number of amides is 1. The van der Waals surface area contributed by atoms with Gasteiger partial charge in [0.1, 0.15) is 0 Å². The number of rotatable bonds is 4. The molecule has 2 aromatic heterocycles. The number of aryl methyl sites for hydroxylation is 1. The normalized spacial score (nSPS) is 13.9. The van der Waals surface area contributed by atoms with E-state index in [9.17, 15) is 14.7 Å². The highest BCUT2D eigenvalue weighted by molar-refractivity contribution is 6.35. The minimum atomic E-state index is -1.00. The molecule has 0 unspecified atom stereocenters. The predicted octanol–water partition coefficient (Wildman–Crippen LogP) is 5.14. The van der Waals surface area contributed by atoms with E-state index < -0.39 is 5.97 Å². The van der Waals surface area contributed by atoms with Gasteiger partial charge in [0.05, 0.1) is 17.3 Å². The molecular weight excluding hydrogens is 406 g/mol. The number of H-pyrrole nitrogens is 1. The molecule has 0 atom stereocenters. The van der Waals surface area contributed by atoms with Crippen LogP contribution in [0.4, 0.5) is 5.69 Å². The third kappa shape index (κ3) is 3.20. The van der Waals surface area contributed by atoms with E-state index in [0.717, 1.165) is 11.1 Å². The third-order valence-electron chi connectivity index (χ3n) is 5.59. The second-order valence-electron chi connectivity index (χ2n) is 7.64.